The molecule has 22 heavy (non-hydrogen) atoms. The summed E-state index contributed by atoms with van der Waals surface area (Å²) < 4.78 is 5.39. The zero-order valence-electron chi connectivity index (χ0n) is 12.7. The lowest BCUT2D eigenvalue weighted by molar-refractivity contribution is -0.156. The standard InChI is InChI=1S/C18H18N2O2/c1-3-22-17(21)18(2)10-13-15-11(6-4-8-19-15)14(18)12-7-5-9-20-16(12)13/h4-9,13-14H,3,10H2,1-2H3. The van der Waals surface area contributed by atoms with E-state index >= 15 is 0 Å². The number of carbonyl (C=O) groups is 1. The van der Waals surface area contributed by atoms with E-state index in [1.807, 2.05) is 38.4 Å². The Morgan fingerprint density at radius 2 is 1.82 bits per heavy atom. The van der Waals surface area contributed by atoms with Crippen LogP contribution < -0.4 is 0 Å². The highest BCUT2D eigenvalue weighted by molar-refractivity contribution is 5.81. The van der Waals surface area contributed by atoms with Crippen molar-refractivity contribution in [2.75, 3.05) is 6.61 Å². The minimum atomic E-state index is -0.549. The van der Waals surface area contributed by atoms with E-state index in [4.69, 9.17) is 4.74 Å². The van der Waals surface area contributed by atoms with Gasteiger partial charge in [0, 0.05) is 24.2 Å². The van der Waals surface area contributed by atoms with Crippen LogP contribution in [0.25, 0.3) is 0 Å². The zero-order valence-corrected chi connectivity index (χ0v) is 12.7. The average Bonchev–Trinajstić information content (AvgIpc) is 2.55. The molecule has 0 amide bonds. The first-order chi connectivity index (χ1) is 10.7. The van der Waals surface area contributed by atoms with Crippen molar-refractivity contribution in [1.29, 1.82) is 0 Å². The van der Waals surface area contributed by atoms with Gasteiger partial charge >= 0.3 is 5.97 Å². The van der Waals surface area contributed by atoms with Gasteiger partial charge in [0.1, 0.15) is 0 Å². The van der Waals surface area contributed by atoms with E-state index in [1.54, 1.807) is 0 Å². The Bertz CT molecular complexity index is 711. The number of pyridine rings is 2. The maximum absolute atomic E-state index is 12.7. The Balaban J connectivity index is 1.95. The van der Waals surface area contributed by atoms with Crippen LogP contribution in [0.15, 0.2) is 36.7 Å². The molecule has 5 rings (SSSR count). The van der Waals surface area contributed by atoms with Gasteiger partial charge in [-0.15, -0.1) is 0 Å². The summed E-state index contributed by atoms with van der Waals surface area (Å²) in [5.74, 6) is -0.0650. The van der Waals surface area contributed by atoms with Gasteiger partial charge in [-0.25, -0.2) is 0 Å². The molecule has 1 unspecified atom stereocenters. The fourth-order valence-electron chi connectivity index (χ4n) is 4.15. The molecule has 3 aliphatic rings. The maximum atomic E-state index is 12.7. The van der Waals surface area contributed by atoms with E-state index in [0.717, 1.165) is 22.5 Å². The van der Waals surface area contributed by atoms with Crippen LogP contribution in [0.3, 0.4) is 0 Å². The Labute approximate surface area is 129 Å². The van der Waals surface area contributed by atoms with Gasteiger partial charge in [0.25, 0.3) is 0 Å². The number of ether oxygens (including phenoxy) is 1. The first kappa shape index (κ1) is 13.4. The van der Waals surface area contributed by atoms with Crippen LogP contribution >= 0.6 is 0 Å². The molecule has 0 aromatic carbocycles. The lowest BCUT2D eigenvalue weighted by Gasteiger charge is -2.48. The van der Waals surface area contributed by atoms with Gasteiger partial charge in [0.05, 0.1) is 23.4 Å². The minimum Gasteiger partial charge on any atom is -0.466 e. The summed E-state index contributed by atoms with van der Waals surface area (Å²) in [5.41, 5.74) is 3.89. The van der Waals surface area contributed by atoms with Crippen molar-refractivity contribution < 1.29 is 9.53 Å². The normalized spacial score (nSPS) is 27.9. The Kier molecular flexibility index (Phi) is 2.83. The highest BCUT2D eigenvalue weighted by Gasteiger charge is 2.56. The summed E-state index contributed by atoms with van der Waals surface area (Å²) in [7, 11) is 0. The minimum absolute atomic E-state index is 0.0241. The van der Waals surface area contributed by atoms with E-state index < -0.39 is 5.41 Å². The molecule has 0 fully saturated rings. The lowest BCUT2D eigenvalue weighted by Crippen LogP contribution is -2.46. The molecule has 0 N–H and O–H groups in total. The molecule has 0 spiro atoms. The van der Waals surface area contributed by atoms with Crippen molar-refractivity contribution in [3.05, 3.63) is 59.2 Å². The number of carbonyl (C=O) groups excluding carboxylic acids is 1. The van der Waals surface area contributed by atoms with E-state index in [1.165, 1.54) is 0 Å². The Morgan fingerprint density at radius 1 is 1.23 bits per heavy atom. The van der Waals surface area contributed by atoms with E-state index in [2.05, 4.69) is 22.1 Å². The van der Waals surface area contributed by atoms with Crippen molar-refractivity contribution in [2.45, 2.75) is 32.1 Å². The molecule has 112 valence electrons. The monoisotopic (exact) mass is 294 g/mol. The van der Waals surface area contributed by atoms with Gasteiger partial charge in [-0.1, -0.05) is 12.1 Å². The number of hydrogen-bond donors (Lipinski definition) is 0. The topological polar surface area (TPSA) is 52.1 Å². The Morgan fingerprint density at radius 3 is 2.36 bits per heavy atom. The van der Waals surface area contributed by atoms with Crippen molar-refractivity contribution in [2.24, 2.45) is 5.41 Å². The van der Waals surface area contributed by atoms with E-state index in [0.29, 0.717) is 13.0 Å². The third-order valence-corrected chi connectivity index (χ3v) is 5.03. The third kappa shape index (κ3) is 1.61. The number of aromatic nitrogens is 2. The quantitative estimate of drug-likeness (QED) is 0.799. The van der Waals surface area contributed by atoms with Crippen LogP contribution in [0, 0.1) is 5.41 Å². The molecule has 2 heterocycles. The van der Waals surface area contributed by atoms with Crippen LogP contribution in [0.1, 0.15) is 54.6 Å². The van der Waals surface area contributed by atoms with Gasteiger partial charge in [0.15, 0.2) is 0 Å². The second-order valence-corrected chi connectivity index (χ2v) is 6.28. The first-order valence-corrected chi connectivity index (χ1v) is 7.73. The van der Waals surface area contributed by atoms with Crippen LogP contribution in [-0.4, -0.2) is 22.5 Å². The number of fused-ring (bicyclic) bond motifs is 1. The number of esters is 1. The third-order valence-electron chi connectivity index (χ3n) is 5.03. The number of rotatable bonds is 2. The Hall–Kier alpha value is -2.23. The van der Waals surface area contributed by atoms with E-state index in [9.17, 15) is 4.79 Å². The van der Waals surface area contributed by atoms with Gasteiger partial charge in [-0.3, -0.25) is 14.8 Å². The highest BCUT2D eigenvalue weighted by Crippen LogP contribution is 2.60. The molecule has 4 heteroatoms. The number of hydrogen-bond acceptors (Lipinski definition) is 4. The summed E-state index contributed by atoms with van der Waals surface area (Å²) in [4.78, 5) is 21.8. The fraction of sp³-hybridized carbons (Fsp3) is 0.389. The van der Waals surface area contributed by atoms with Crippen LogP contribution in [0.2, 0.25) is 0 Å². The van der Waals surface area contributed by atoms with Gasteiger partial charge in [0.2, 0.25) is 0 Å². The number of nitrogens with zero attached hydrogens (tertiary/aromatic N) is 2. The molecular formula is C18H18N2O2. The van der Waals surface area contributed by atoms with E-state index in [-0.39, 0.29) is 17.8 Å². The van der Waals surface area contributed by atoms with Crippen LogP contribution in [0.4, 0.5) is 0 Å². The summed E-state index contributed by atoms with van der Waals surface area (Å²) in [6.45, 7) is 4.29. The first-order valence-electron chi connectivity index (χ1n) is 7.73. The molecule has 2 aromatic rings. The van der Waals surface area contributed by atoms with Gasteiger partial charge in [-0.05, 0) is 43.5 Å². The molecule has 3 aliphatic carbocycles. The second kappa shape index (κ2) is 4.63. The average molecular weight is 294 g/mol. The van der Waals surface area contributed by atoms with Gasteiger partial charge < -0.3 is 4.74 Å². The molecule has 1 atom stereocenters. The van der Waals surface area contributed by atoms with Crippen molar-refractivity contribution in [3.8, 4) is 0 Å². The molecule has 0 saturated carbocycles. The van der Waals surface area contributed by atoms with Crippen molar-refractivity contribution in [3.63, 3.8) is 0 Å². The van der Waals surface area contributed by atoms with Crippen LogP contribution in [0.5, 0.6) is 0 Å². The lowest BCUT2D eigenvalue weighted by atomic mass is 9.55. The van der Waals surface area contributed by atoms with Crippen molar-refractivity contribution >= 4 is 5.97 Å². The molecular weight excluding hydrogens is 276 g/mol. The summed E-state index contributed by atoms with van der Waals surface area (Å²) >= 11 is 0. The van der Waals surface area contributed by atoms with Crippen LogP contribution in [-0.2, 0) is 9.53 Å². The van der Waals surface area contributed by atoms with Crippen molar-refractivity contribution in [1.82, 2.24) is 9.97 Å². The predicted molar refractivity (Wildman–Crippen MR) is 81.5 cm³/mol. The van der Waals surface area contributed by atoms with Gasteiger partial charge in [-0.2, -0.15) is 0 Å². The highest BCUT2D eigenvalue weighted by atomic mass is 16.5. The predicted octanol–water partition coefficient (Wildman–Crippen LogP) is 3.03. The fourth-order valence-corrected chi connectivity index (χ4v) is 4.15. The largest absolute Gasteiger partial charge is 0.466 e. The molecule has 4 nitrogen and oxygen atoms in total. The summed E-state index contributed by atoms with van der Waals surface area (Å²) in [6.07, 6.45) is 4.36. The SMILES string of the molecule is CCOC(=O)C1(C)CC2c3ncccc3C1c1cccnc12. The smallest absolute Gasteiger partial charge is 0.312 e. The summed E-state index contributed by atoms with van der Waals surface area (Å²) in [5, 5.41) is 0. The molecule has 2 bridgehead atoms. The molecule has 0 saturated heterocycles. The molecule has 2 aromatic heterocycles. The molecule has 0 aliphatic heterocycles. The summed E-state index contributed by atoms with van der Waals surface area (Å²) in [6, 6.07) is 8.07. The zero-order chi connectivity index (χ0) is 15.3. The second-order valence-electron chi connectivity index (χ2n) is 6.28. The molecule has 0 radical (unpaired) electrons. The maximum Gasteiger partial charge on any atom is 0.312 e.